The zero-order valence-corrected chi connectivity index (χ0v) is 13.5. The van der Waals surface area contributed by atoms with Crippen molar-refractivity contribution in [2.75, 3.05) is 24.6 Å². The first-order valence-electron chi connectivity index (χ1n) is 7.99. The van der Waals surface area contributed by atoms with Crippen molar-refractivity contribution in [2.24, 2.45) is 0 Å². The molecule has 1 aromatic carbocycles. The van der Waals surface area contributed by atoms with E-state index >= 15 is 0 Å². The molecule has 1 atom stereocenters. The minimum atomic E-state index is 0.0572. The van der Waals surface area contributed by atoms with Crippen LogP contribution in [-0.4, -0.2) is 55.8 Å². The molecule has 1 aliphatic rings. The van der Waals surface area contributed by atoms with Crippen LogP contribution in [0.3, 0.4) is 0 Å². The van der Waals surface area contributed by atoms with Crippen molar-refractivity contribution in [3.63, 3.8) is 0 Å². The molecule has 8 nitrogen and oxygen atoms in total. The third kappa shape index (κ3) is 3.00. The zero-order valence-electron chi connectivity index (χ0n) is 13.5. The summed E-state index contributed by atoms with van der Waals surface area (Å²) >= 11 is 0. The minimum absolute atomic E-state index is 0.0572. The van der Waals surface area contributed by atoms with Crippen LogP contribution in [0.4, 0.5) is 5.95 Å². The topological polar surface area (TPSA) is 73.9 Å². The van der Waals surface area contributed by atoms with Gasteiger partial charge in [-0.3, -0.25) is 4.68 Å². The summed E-state index contributed by atoms with van der Waals surface area (Å²) in [6.45, 7) is 4.92. The molecule has 0 bridgehead atoms. The van der Waals surface area contributed by atoms with Gasteiger partial charge in [-0.15, -0.1) is 0 Å². The predicted molar refractivity (Wildman–Crippen MR) is 88.1 cm³/mol. The summed E-state index contributed by atoms with van der Waals surface area (Å²) in [6, 6.07) is 10.1. The van der Waals surface area contributed by atoms with E-state index in [1.165, 1.54) is 5.56 Å². The fraction of sp³-hybridized carbons (Fsp3) is 0.375. The normalized spacial score (nSPS) is 18.0. The summed E-state index contributed by atoms with van der Waals surface area (Å²) in [6.07, 6.45) is 3.78. The van der Waals surface area contributed by atoms with Gasteiger partial charge in [0.25, 0.3) is 5.95 Å². The van der Waals surface area contributed by atoms with E-state index in [1.54, 1.807) is 10.9 Å². The highest BCUT2D eigenvalue weighted by atomic mass is 16.5. The van der Waals surface area contributed by atoms with Gasteiger partial charge in [-0.1, -0.05) is 22.8 Å². The second-order valence-electron chi connectivity index (χ2n) is 5.89. The third-order valence-corrected chi connectivity index (χ3v) is 4.10. The van der Waals surface area contributed by atoms with Gasteiger partial charge in [0.1, 0.15) is 0 Å². The Morgan fingerprint density at radius 1 is 1.25 bits per heavy atom. The Morgan fingerprint density at radius 3 is 2.92 bits per heavy atom. The van der Waals surface area contributed by atoms with E-state index in [9.17, 15) is 0 Å². The first kappa shape index (κ1) is 14.8. The van der Waals surface area contributed by atoms with Gasteiger partial charge in [-0.05, 0) is 35.5 Å². The Labute approximate surface area is 139 Å². The minimum Gasteiger partial charge on any atom is -0.373 e. The van der Waals surface area contributed by atoms with Crippen molar-refractivity contribution in [3.05, 3.63) is 48.3 Å². The van der Waals surface area contributed by atoms with Gasteiger partial charge < -0.3 is 9.64 Å². The molecule has 0 amide bonds. The SMILES string of the molecule is Cc1ccc(-n2nnnc2N2CCOC(Cn3cccn3)C2)cc1. The van der Waals surface area contributed by atoms with Crippen LogP contribution in [0.25, 0.3) is 5.69 Å². The highest BCUT2D eigenvalue weighted by Crippen LogP contribution is 2.19. The lowest BCUT2D eigenvalue weighted by Gasteiger charge is -2.33. The van der Waals surface area contributed by atoms with Crippen molar-refractivity contribution >= 4 is 5.95 Å². The van der Waals surface area contributed by atoms with Crippen molar-refractivity contribution in [1.82, 2.24) is 30.0 Å². The smallest absolute Gasteiger partial charge is 0.250 e. The van der Waals surface area contributed by atoms with Crippen LogP contribution < -0.4 is 4.90 Å². The van der Waals surface area contributed by atoms with Gasteiger partial charge in [-0.25, -0.2) is 0 Å². The van der Waals surface area contributed by atoms with E-state index in [0.29, 0.717) is 6.61 Å². The number of aryl methyl sites for hydroxylation is 1. The summed E-state index contributed by atoms with van der Waals surface area (Å²) in [4.78, 5) is 2.16. The molecular weight excluding hydrogens is 306 g/mol. The molecule has 1 fully saturated rings. The van der Waals surface area contributed by atoms with E-state index in [1.807, 2.05) is 29.1 Å². The first-order valence-corrected chi connectivity index (χ1v) is 7.99. The molecule has 1 unspecified atom stereocenters. The number of nitrogens with zero attached hydrogens (tertiary/aromatic N) is 7. The zero-order chi connectivity index (χ0) is 16.4. The Bertz CT molecular complexity index is 781. The monoisotopic (exact) mass is 325 g/mol. The number of hydrogen-bond acceptors (Lipinski definition) is 6. The van der Waals surface area contributed by atoms with Crippen LogP contribution in [0.15, 0.2) is 42.7 Å². The molecule has 4 rings (SSSR count). The molecule has 0 aliphatic carbocycles. The first-order chi connectivity index (χ1) is 11.8. The molecule has 2 aromatic heterocycles. The largest absolute Gasteiger partial charge is 0.373 e. The highest BCUT2D eigenvalue weighted by Gasteiger charge is 2.25. The molecule has 8 heteroatoms. The van der Waals surface area contributed by atoms with Crippen molar-refractivity contribution in [2.45, 2.75) is 19.6 Å². The lowest BCUT2D eigenvalue weighted by molar-refractivity contribution is 0.0268. The molecule has 124 valence electrons. The second-order valence-corrected chi connectivity index (χ2v) is 5.89. The van der Waals surface area contributed by atoms with Crippen LogP contribution in [-0.2, 0) is 11.3 Å². The molecular formula is C16H19N7O. The van der Waals surface area contributed by atoms with Crippen LogP contribution in [0.2, 0.25) is 0 Å². The maximum absolute atomic E-state index is 5.86. The standard InChI is InChI=1S/C16H19N7O/c1-13-3-5-14(6-4-13)23-16(18-19-20-23)21-9-10-24-15(11-21)12-22-8-2-7-17-22/h2-8,15H,9-12H2,1H3. The molecule has 0 radical (unpaired) electrons. The van der Waals surface area contributed by atoms with E-state index in [-0.39, 0.29) is 6.10 Å². The Balaban J connectivity index is 1.53. The van der Waals surface area contributed by atoms with E-state index in [2.05, 4.69) is 44.6 Å². The number of benzene rings is 1. The van der Waals surface area contributed by atoms with E-state index in [0.717, 1.165) is 31.3 Å². The summed E-state index contributed by atoms with van der Waals surface area (Å²) < 4.78 is 9.52. The average molecular weight is 325 g/mol. The fourth-order valence-electron chi connectivity index (χ4n) is 2.86. The van der Waals surface area contributed by atoms with Crippen LogP contribution >= 0.6 is 0 Å². The molecule has 1 saturated heterocycles. The predicted octanol–water partition coefficient (Wildman–Crippen LogP) is 1.07. The quantitative estimate of drug-likeness (QED) is 0.714. The molecule has 0 saturated carbocycles. The van der Waals surface area contributed by atoms with Crippen molar-refractivity contribution in [1.29, 1.82) is 0 Å². The van der Waals surface area contributed by atoms with Gasteiger partial charge in [0.15, 0.2) is 0 Å². The Hall–Kier alpha value is -2.74. The van der Waals surface area contributed by atoms with Crippen LogP contribution in [0.5, 0.6) is 0 Å². The number of hydrogen-bond donors (Lipinski definition) is 0. The number of ether oxygens (including phenoxy) is 1. The van der Waals surface area contributed by atoms with E-state index < -0.39 is 0 Å². The molecule has 24 heavy (non-hydrogen) atoms. The van der Waals surface area contributed by atoms with Gasteiger partial charge in [0.2, 0.25) is 0 Å². The van der Waals surface area contributed by atoms with Crippen LogP contribution in [0, 0.1) is 6.92 Å². The van der Waals surface area contributed by atoms with Gasteiger partial charge in [-0.2, -0.15) is 9.78 Å². The molecule has 3 heterocycles. The average Bonchev–Trinajstić information content (AvgIpc) is 3.27. The highest BCUT2D eigenvalue weighted by molar-refractivity contribution is 5.42. The number of morpholine rings is 1. The lowest BCUT2D eigenvalue weighted by atomic mass is 10.2. The summed E-state index contributed by atoms with van der Waals surface area (Å²) in [5, 5.41) is 16.5. The number of aromatic nitrogens is 6. The Kier molecular flexibility index (Phi) is 3.96. The molecule has 0 N–H and O–H groups in total. The summed E-state index contributed by atoms with van der Waals surface area (Å²) in [7, 11) is 0. The molecule has 3 aromatic rings. The molecule has 0 spiro atoms. The third-order valence-electron chi connectivity index (χ3n) is 4.10. The number of anilines is 1. The van der Waals surface area contributed by atoms with Gasteiger partial charge >= 0.3 is 0 Å². The molecule has 1 aliphatic heterocycles. The Morgan fingerprint density at radius 2 is 2.12 bits per heavy atom. The summed E-state index contributed by atoms with van der Waals surface area (Å²) in [5.74, 6) is 0.743. The van der Waals surface area contributed by atoms with Crippen LogP contribution in [0.1, 0.15) is 5.56 Å². The maximum atomic E-state index is 5.86. The fourth-order valence-corrected chi connectivity index (χ4v) is 2.86. The van der Waals surface area contributed by atoms with Crippen molar-refractivity contribution in [3.8, 4) is 5.69 Å². The lowest BCUT2D eigenvalue weighted by Crippen LogP contribution is -2.45. The maximum Gasteiger partial charge on any atom is 0.250 e. The van der Waals surface area contributed by atoms with Gasteiger partial charge in [0, 0.05) is 25.5 Å². The number of rotatable bonds is 4. The number of tetrazole rings is 1. The van der Waals surface area contributed by atoms with Crippen molar-refractivity contribution < 1.29 is 4.74 Å². The van der Waals surface area contributed by atoms with E-state index in [4.69, 9.17) is 4.74 Å². The van der Waals surface area contributed by atoms with Gasteiger partial charge in [0.05, 0.1) is 24.9 Å². The second kappa shape index (κ2) is 6.40. The summed E-state index contributed by atoms with van der Waals surface area (Å²) in [5.41, 5.74) is 2.16.